The van der Waals surface area contributed by atoms with Crippen molar-refractivity contribution in [3.05, 3.63) is 11.6 Å². The Morgan fingerprint density at radius 3 is 2.62 bits per heavy atom. The summed E-state index contributed by atoms with van der Waals surface area (Å²) in [5.41, 5.74) is -0.354. The number of hydrogen-bond donors (Lipinski definition) is 2. The molecule has 0 aromatic carbocycles. The molecule has 1 spiro atoms. The van der Waals surface area contributed by atoms with E-state index in [1.165, 1.54) is 0 Å². The van der Waals surface area contributed by atoms with Gasteiger partial charge in [0.2, 0.25) is 5.91 Å². The summed E-state index contributed by atoms with van der Waals surface area (Å²) in [4.78, 5) is 22.6. The first-order valence-electron chi connectivity index (χ1n) is 10.3. The van der Waals surface area contributed by atoms with E-state index in [-0.39, 0.29) is 11.6 Å². The maximum absolute atomic E-state index is 13.6. The molecular formula is C19H31N5O2. The summed E-state index contributed by atoms with van der Waals surface area (Å²) in [5.74, 6) is 2.03. The first kappa shape index (κ1) is 17.9. The van der Waals surface area contributed by atoms with Crippen LogP contribution in [-0.2, 0) is 17.8 Å². The smallest absolute Gasteiger partial charge is 0.243 e. The molecule has 144 valence electrons. The zero-order valence-corrected chi connectivity index (χ0v) is 15.8. The van der Waals surface area contributed by atoms with Crippen LogP contribution in [0.5, 0.6) is 0 Å². The highest BCUT2D eigenvalue weighted by molar-refractivity contribution is 5.87. The van der Waals surface area contributed by atoms with Crippen molar-refractivity contribution in [2.45, 2.75) is 88.9 Å². The van der Waals surface area contributed by atoms with E-state index in [4.69, 9.17) is 0 Å². The Balaban J connectivity index is 1.50. The summed E-state index contributed by atoms with van der Waals surface area (Å²) in [6.45, 7) is 4.55. The summed E-state index contributed by atoms with van der Waals surface area (Å²) in [6.07, 6.45) is 8.19. The normalized spacial score (nSPS) is 33.3. The molecule has 26 heavy (non-hydrogen) atoms. The van der Waals surface area contributed by atoms with Crippen LogP contribution in [0.25, 0.3) is 0 Å². The third-order valence-electron chi connectivity index (χ3n) is 6.61. The number of rotatable bonds is 4. The Kier molecular flexibility index (Phi) is 5.01. The first-order valence-corrected chi connectivity index (χ1v) is 10.3. The molecule has 1 atom stereocenters. The van der Waals surface area contributed by atoms with Crippen LogP contribution in [0.4, 0.5) is 0 Å². The van der Waals surface area contributed by atoms with Gasteiger partial charge in [0.25, 0.3) is 0 Å². The second kappa shape index (κ2) is 7.27. The van der Waals surface area contributed by atoms with E-state index in [0.29, 0.717) is 18.5 Å². The van der Waals surface area contributed by atoms with E-state index >= 15 is 0 Å². The lowest BCUT2D eigenvalue weighted by molar-refractivity contribution is -0.152. The van der Waals surface area contributed by atoms with E-state index in [9.17, 15) is 9.90 Å². The van der Waals surface area contributed by atoms with Crippen molar-refractivity contribution in [2.24, 2.45) is 0 Å². The predicted molar refractivity (Wildman–Crippen MR) is 97.3 cm³/mol. The molecule has 3 heterocycles. The van der Waals surface area contributed by atoms with Crippen molar-refractivity contribution >= 4 is 5.91 Å². The summed E-state index contributed by atoms with van der Waals surface area (Å²) >= 11 is 0. The molecular weight excluding hydrogens is 330 g/mol. The quantitative estimate of drug-likeness (QED) is 0.851. The molecule has 2 aliphatic heterocycles. The fraction of sp³-hybridized carbons (Fsp3) is 0.842. The highest BCUT2D eigenvalue weighted by Crippen LogP contribution is 2.40. The standard InChI is InChI=1S/C19H31N5O2/c1-2-16-20-17(22-21-16)13-23-11-3-9-19(23)10-4-12-24(18(19)26)14-5-7-15(25)8-6-14/h14-15,25H,2-13H2,1H3,(H,20,21,22). The van der Waals surface area contributed by atoms with Gasteiger partial charge in [0, 0.05) is 19.0 Å². The zero-order chi connectivity index (χ0) is 18.1. The van der Waals surface area contributed by atoms with Gasteiger partial charge in [-0.15, -0.1) is 0 Å². The molecule has 1 amide bonds. The fourth-order valence-corrected chi connectivity index (χ4v) is 5.17. The van der Waals surface area contributed by atoms with Gasteiger partial charge in [-0.3, -0.25) is 14.8 Å². The monoisotopic (exact) mass is 361 g/mol. The molecule has 7 nitrogen and oxygen atoms in total. The van der Waals surface area contributed by atoms with Crippen LogP contribution in [0.2, 0.25) is 0 Å². The van der Waals surface area contributed by atoms with Crippen molar-refractivity contribution < 1.29 is 9.90 Å². The number of aromatic nitrogens is 3. The number of aliphatic hydroxyl groups is 1. The van der Waals surface area contributed by atoms with Gasteiger partial charge in [-0.2, -0.15) is 5.10 Å². The number of amides is 1. The number of carbonyl (C=O) groups excluding carboxylic acids is 1. The minimum atomic E-state index is -0.354. The zero-order valence-electron chi connectivity index (χ0n) is 15.8. The number of likely N-dealkylation sites (tertiary alicyclic amines) is 2. The Bertz CT molecular complexity index is 640. The molecule has 4 rings (SSSR count). The molecule has 2 saturated heterocycles. The number of nitrogens with one attached hydrogen (secondary N) is 1. The largest absolute Gasteiger partial charge is 0.393 e. The lowest BCUT2D eigenvalue weighted by Crippen LogP contribution is -2.62. The van der Waals surface area contributed by atoms with Crippen LogP contribution in [0.3, 0.4) is 0 Å². The Morgan fingerprint density at radius 2 is 1.92 bits per heavy atom. The molecule has 2 N–H and O–H groups in total. The van der Waals surface area contributed by atoms with E-state index < -0.39 is 0 Å². The highest BCUT2D eigenvalue weighted by atomic mass is 16.3. The molecule has 7 heteroatoms. The van der Waals surface area contributed by atoms with Crippen LogP contribution in [0.15, 0.2) is 0 Å². The van der Waals surface area contributed by atoms with Crippen molar-refractivity contribution in [1.29, 1.82) is 0 Å². The van der Waals surface area contributed by atoms with Gasteiger partial charge in [-0.05, 0) is 57.9 Å². The molecule has 1 aromatic heterocycles. The summed E-state index contributed by atoms with van der Waals surface area (Å²) in [7, 11) is 0. The third kappa shape index (κ3) is 3.16. The number of nitrogens with zero attached hydrogens (tertiary/aromatic N) is 4. The average Bonchev–Trinajstić information content (AvgIpc) is 3.27. The minimum absolute atomic E-state index is 0.178. The maximum Gasteiger partial charge on any atom is 0.243 e. The van der Waals surface area contributed by atoms with Crippen molar-refractivity contribution in [3.63, 3.8) is 0 Å². The molecule has 1 aliphatic carbocycles. The van der Waals surface area contributed by atoms with Gasteiger partial charge in [-0.1, -0.05) is 6.92 Å². The molecule has 0 radical (unpaired) electrons. The molecule has 1 unspecified atom stereocenters. The third-order valence-corrected chi connectivity index (χ3v) is 6.61. The predicted octanol–water partition coefficient (Wildman–Crippen LogP) is 1.63. The maximum atomic E-state index is 13.6. The van der Waals surface area contributed by atoms with Gasteiger partial charge in [0.15, 0.2) is 0 Å². The van der Waals surface area contributed by atoms with Gasteiger partial charge >= 0.3 is 0 Å². The van der Waals surface area contributed by atoms with Gasteiger partial charge < -0.3 is 10.0 Å². The molecule has 3 fully saturated rings. The van der Waals surface area contributed by atoms with Crippen LogP contribution >= 0.6 is 0 Å². The minimum Gasteiger partial charge on any atom is -0.393 e. The van der Waals surface area contributed by atoms with Crippen LogP contribution in [0.1, 0.15) is 69.9 Å². The van der Waals surface area contributed by atoms with Crippen molar-refractivity contribution in [3.8, 4) is 0 Å². The van der Waals surface area contributed by atoms with Gasteiger partial charge in [0.05, 0.1) is 12.6 Å². The average molecular weight is 361 g/mol. The van der Waals surface area contributed by atoms with Gasteiger partial charge in [-0.25, -0.2) is 4.98 Å². The summed E-state index contributed by atoms with van der Waals surface area (Å²) < 4.78 is 0. The van der Waals surface area contributed by atoms with E-state index in [0.717, 1.165) is 82.5 Å². The number of H-pyrrole nitrogens is 1. The second-order valence-electron chi connectivity index (χ2n) is 8.17. The van der Waals surface area contributed by atoms with Gasteiger partial charge in [0.1, 0.15) is 17.2 Å². The number of aliphatic hydroxyl groups excluding tert-OH is 1. The molecule has 3 aliphatic rings. The Hall–Kier alpha value is -1.47. The number of piperidine rings is 1. The summed E-state index contributed by atoms with van der Waals surface area (Å²) in [6, 6.07) is 0.308. The first-order chi connectivity index (χ1) is 12.6. The Labute approximate surface area is 155 Å². The second-order valence-corrected chi connectivity index (χ2v) is 8.17. The van der Waals surface area contributed by atoms with E-state index in [1.807, 2.05) is 6.92 Å². The molecule has 0 bridgehead atoms. The number of hydrogen-bond acceptors (Lipinski definition) is 5. The van der Waals surface area contributed by atoms with Crippen molar-refractivity contribution in [1.82, 2.24) is 25.0 Å². The SMILES string of the molecule is CCc1n[nH]c(CN2CCCC23CCCN(C2CCC(O)CC2)C3=O)n1. The van der Waals surface area contributed by atoms with Crippen LogP contribution in [-0.4, -0.2) is 66.8 Å². The Morgan fingerprint density at radius 1 is 1.19 bits per heavy atom. The van der Waals surface area contributed by atoms with E-state index in [2.05, 4.69) is 25.0 Å². The summed E-state index contributed by atoms with van der Waals surface area (Å²) in [5, 5.41) is 17.1. The van der Waals surface area contributed by atoms with E-state index in [1.54, 1.807) is 0 Å². The van der Waals surface area contributed by atoms with Crippen LogP contribution < -0.4 is 0 Å². The lowest BCUT2D eigenvalue weighted by Gasteiger charge is -2.48. The lowest BCUT2D eigenvalue weighted by atomic mass is 9.82. The topological polar surface area (TPSA) is 85.4 Å². The molecule has 1 aromatic rings. The number of aromatic amines is 1. The highest BCUT2D eigenvalue weighted by Gasteiger charge is 2.52. The molecule has 1 saturated carbocycles. The number of aryl methyl sites for hydroxylation is 1. The fourth-order valence-electron chi connectivity index (χ4n) is 5.17. The van der Waals surface area contributed by atoms with Crippen molar-refractivity contribution in [2.75, 3.05) is 13.1 Å². The number of carbonyl (C=O) groups is 1. The van der Waals surface area contributed by atoms with Crippen LogP contribution in [0, 0.1) is 0 Å².